The molecule has 0 bridgehead atoms. The van der Waals surface area contributed by atoms with E-state index in [0.29, 0.717) is 24.7 Å². The highest BCUT2D eigenvalue weighted by Crippen LogP contribution is 2.34. The normalized spacial score (nSPS) is 18.9. The van der Waals surface area contributed by atoms with Crippen LogP contribution in [-0.4, -0.2) is 22.6 Å². The van der Waals surface area contributed by atoms with Gasteiger partial charge < -0.3 is 9.42 Å². The molecule has 0 saturated carbocycles. The highest BCUT2D eigenvalue weighted by atomic mass is 79.9. The van der Waals surface area contributed by atoms with Crippen molar-refractivity contribution in [2.24, 2.45) is 0 Å². The van der Waals surface area contributed by atoms with Gasteiger partial charge in [0, 0.05) is 28.7 Å². The summed E-state index contributed by atoms with van der Waals surface area (Å²) in [6.45, 7) is 0.581. The van der Waals surface area contributed by atoms with Gasteiger partial charge in [-0.3, -0.25) is 4.79 Å². The third-order valence-electron chi connectivity index (χ3n) is 5.39. The van der Waals surface area contributed by atoms with Crippen LogP contribution < -0.4 is 4.90 Å². The van der Waals surface area contributed by atoms with Crippen molar-refractivity contribution in [3.05, 3.63) is 64.0 Å². The summed E-state index contributed by atoms with van der Waals surface area (Å²) in [7, 11) is 0. The van der Waals surface area contributed by atoms with Gasteiger partial charge in [0.15, 0.2) is 0 Å². The van der Waals surface area contributed by atoms with Crippen LogP contribution in [0.25, 0.3) is 11.4 Å². The zero-order chi connectivity index (χ0) is 18.4. The van der Waals surface area contributed by atoms with Crippen molar-refractivity contribution in [2.75, 3.05) is 11.4 Å². The van der Waals surface area contributed by atoms with Crippen LogP contribution in [-0.2, 0) is 17.6 Å². The first-order chi connectivity index (χ1) is 13.2. The summed E-state index contributed by atoms with van der Waals surface area (Å²) in [5.74, 6) is 1.12. The van der Waals surface area contributed by atoms with Crippen LogP contribution in [0.2, 0.25) is 0 Å². The van der Waals surface area contributed by atoms with E-state index in [1.54, 1.807) is 0 Å². The minimum absolute atomic E-state index is 0.0702. The Morgan fingerprint density at radius 1 is 1.11 bits per heavy atom. The largest absolute Gasteiger partial charge is 0.339 e. The van der Waals surface area contributed by atoms with Gasteiger partial charge in [-0.25, -0.2) is 0 Å². The molecule has 1 fully saturated rings. The lowest BCUT2D eigenvalue weighted by Crippen LogP contribution is -2.24. The molecule has 1 aromatic heterocycles. The molecular formula is C21H18BrN3O2. The topological polar surface area (TPSA) is 59.2 Å². The number of fused-ring (bicyclic) bond motifs is 1. The highest BCUT2D eigenvalue weighted by Gasteiger charge is 2.35. The maximum absolute atomic E-state index is 12.6. The Bertz CT molecular complexity index is 1030. The highest BCUT2D eigenvalue weighted by molar-refractivity contribution is 9.10. The number of rotatable bonds is 3. The molecule has 136 valence electrons. The van der Waals surface area contributed by atoms with E-state index < -0.39 is 0 Å². The average molecular weight is 424 g/mol. The molecule has 1 aliphatic heterocycles. The minimum atomic E-state index is -0.0702. The van der Waals surface area contributed by atoms with Gasteiger partial charge in [-0.15, -0.1) is 0 Å². The van der Waals surface area contributed by atoms with Crippen LogP contribution in [0, 0.1) is 0 Å². The first-order valence-corrected chi connectivity index (χ1v) is 9.98. The van der Waals surface area contributed by atoms with Gasteiger partial charge in [0.05, 0.1) is 5.92 Å². The van der Waals surface area contributed by atoms with Crippen molar-refractivity contribution in [1.82, 2.24) is 10.1 Å². The molecule has 2 aromatic carbocycles. The molecule has 1 atom stereocenters. The lowest BCUT2D eigenvalue weighted by molar-refractivity contribution is -0.117. The zero-order valence-electron chi connectivity index (χ0n) is 14.7. The average Bonchev–Trinajstić information content (AvgIpc) is 3.40. The van der Waals surface area contributed by atoms with Gasteiger partial charge >= 0.3 is 0 Å². The van der Waals surface area contributed by atoms with Gasteiger partial charge in [-0.2, -0.15) is 4.98 Å². The van der Waals surface area contributed by atoms with E-state index in [9.17, 15) is 4.79 Å². The summed E-state index contributed by atoms with van der Waals surface area (Å²) < 4.78 is 6.46. The molecule has 27 heavy (non-hydrogen) atoms. The van der Waals surface area contributed by atoms with Gasteiger partial charge in [0.25, 0.3) is 0 Å². The third kappa shape index (κ3) is 3.08. The first kappa shape index (κ1) is 16.7. The van der Waals surface area contributed by atoms with Crippen molar-refractivity contribution in [3.8, 4) is 11.4 Å². The quantitative estimate of drug-likeness (QED) is 0.621. The molecule has 1 amide bonds. The maximum atomic E-state index is 12.6. The Morgan fingerprint density at radius 3 is 2.89 bits per heavy atom. The maximum Gasteiger partial charge on any atom is 0.232 e. The summed E-state index contributed by atoms with van der Waals surface area (Å²) in [4.78, 5) is 19.0. The fourth-order valence-electron chi connectivity index (χ4n) is 3.99. The first-order valence-electron chi connectivity index (χ1n) is 9.19. The summed E-state index contributed by atoms with van der Waals surface area (Å²) >= 11 is 3.46. The molecule has 0 N–H and O–H groups in total. The van der Waals surface area contributed by atoms with Crippen LogP contribution in [0.3, 0.4) is 0 Å². The molecule has 1 saturated heterocycles. The number of amides is 1. The van der Waals surface area contributed by atoms with Gasteiger partial charge in [0.1, 0.15) is 0 Å². The molecule has 1 aliphatic carbocycles. The molecule has 0 radical (unpaired) electrons. The number of aromatic nitrogens is 2. The second-order valence-corrected chi connectivity index (χ2v) is 8.09. The Kier molecular flexibility index (Phi) is 4.08. The molecule has 3 aromatic rings. The summed E-state index contributed by atoms with van der Waals surface area (Å²) in [6.07, 6.45) is 3.85. The molecule has 2 heterocycles. The number of hydrogen-bond acceptors (Lipinski definition) is 4. The summed E-state index contributed by atoms with van der Waals surface area (Å²) in [5.41, 5.74) is 4.66. The Hall–Kier alpha value is -2.47. The number of carbonyl (C=O) groups excluding carboxylic acids is 1. The number of halogens is 1. The van der Waals surface area contributed by atoms with E-state index in [2.05, 4.69) is 44.3 Å². The van der Waals surface area contributed by atoms with Crippen LogP contribution in [0.15, 0.2) is 51.5 Å². The second-order valence-electron chi connectivity index (χ2n) is 7.18. The standard InChI is InChI=1S/C21H18BrN3O2/c22-17-6-2-5-15(9-17)20-23-21(27-24-20)16-11-19(26)25(12-16)18-8-7-13-3-1-4-14(13)10-18/h2,5-10,16H,1,3-4,11-12H2. The van der Waals surface area contributed by atoms with Crippen molar-refractivity contribution in [1.29, 1.82) is 0 Å². The van der Waals surface area contributed by atoms with Crippen LogP contribution in [0.5, 0.6) is 0 Å². The minimum Gasteiger partial charge on any atom is -0.339 e. The van der Waals surface area contributed by atoms with E-state index in [4.69, 9.17) is 4.52 Å². The monoisotopic (exact) mass is 423 g/mol. The number of benzene rings is 2. The smallest absolute Gasteiger partial charge is 0.232 e. The van der Waals surface area contributed by atoms with E-state index in [-0.39, 0.29) is 11.8 Å². The van der Waals surface area contributed by atoms with Gasteiger partial charge in [-0.05, 0) is 54.7 Å². The van der Waals surface area contributed by atoms with Crippen molar-refractivity contribution in [2.45, 2.75) is 31.6 Å². The lowest BCUT2D eigenvalue weighted by Gasteiger charge is -2.17. The van der Waals surface area contributed by atoms with E-state index in [1.165, 1.54) is 17.5 Å². The Balaban J connectivity index is 1.38. The van der Waals surface area contributed by atoms with Crippen LogP contribution in [0.4, 0.5) is 5.69 Å². The summed E-state index contributed by atoms with van der Waals surface area (Å²) in [5, 5.41) is 4.11. The van der Waals surface area contributed by atoms with Crippen LogP contribution in [0.1, 0.15) is 35.8 Å². The van der Waals surface area contributed by atoms with E-state index >= 15 is 0 Å². The van der Waals surface area contributed by atoms with E-state index in [0.717, 1.165) is 28.6 Å². The number of nitrogens with zero attached hydrogens (tertiary/aromatic N) is 3. The Labute approximate surface area is 165 Å². The number of anilines is 1. The fraction of sp³-hybridized carbons (Fsp3) is 0.286. The molecular weight excluding hydrogens is 406 g/mol. The molecule has 1 unspecified atom stereocenters. The lowest BCUT2D eigenvalue weighted by atomic mass is 10.1. The van der Waals surface area contributed by atoms with Crippen molar-refractivity contribution >= 4 is 27.5 Å². The SMILES string of the molecule is O=C1CC(c2nc(-c3cccc(Br)c3)no2)CN1c1ccc2c(c1)CCC2. The molecule has 5 rings (SSSR count). The molecule has 0 spiro atoms. The van der Waals surface area contributed by atoms with Crippen molar-refractivity contribution < 1.29 is 9.32 Å². The molecule has 6 heteroatoms. The predicted molar refractivity (Wildman–Crippen MR) is 106 cm³/mol. The zero-order valence-corrected chi connectivity index (χ0v) is 16.3. The fourth-order valence-corrected chi connectivity index (χ4v) is 4.39. The number of hydrogen-bond donors (Lipinski definition) is 0. The summed E-state index contributed by atoms with van der Waals surface area (Å²) in [6, 6.07) is 14.2. The Morgan fingerprint density at radius 2 is 2.00 bits per heavy atom. The van der Waals surface area contributed by atoms with Crippen LogP contribution >= 0.6 is 15.9 Å². The van der Waals surface area contributed by atoms with E-state index in [1.807, 2.05) is 29.2 Å². The van der Waals surface area contributed by atoms with Gasteiger partial charge in [0.2, 0.25) is 17.6 Å². The molecule has 5 nitrogen and oxygen atoms in total. The molecule has 2 aliphatic rings. The third-order valence-corrected chi connectivity index (χ3v) is 5.89. The number of aryl methyl sites for hydroxylation is 2. The second kappa shape index (κ2) is 6.60. The van der Waals surface area contributed by atoms with Gasteiger partial charge in [-0.1, -0.05) is 39.3 Å². The van der Waals surface area contributed by atoms with Crippen molar-refractivity contribution in [3.63, 3.8) is 0 Å². The number of carbonyl (C=O) groups is 1. The predicted octanol–water partition coefficient (Wildman–Crippen LogP) is 4.51.